The number of ether oxygens (including phenoxy) is 1. The largest absolute Gasteiger partial charge is 0.444 e. The Balaban J connectivity index is 2.15. The Morgan fingerprint density at radius 1 is 1.22 bits per heavy atom. The lowest BCUT2D eigenvalue weighted by atomic mass is 9.99. The van der Waals surface area contributed by atoms with E-state index in [1.54, 1.807) is 25.9 Å². The zero-order valence-corrected chi connectivity index (χ0v) is 18.4. The van der Waals surface area contributed by atoms with Crippen LogP contribution >= 0.6 is 11.6 Å². The molecular formula is C20H22ClF3N4O4. The number of amides is 2. The Morgan fingerprint density at radius 2 is 1.88 bits per heavy atom. The summed E-state index contributed by atoms with van der Waals surface area (Å²) in [6.45, 7) is 6.48. The molecule has 0 spiro atoms. The Hall–Kier alpha value is -3.08. The molecule has 2 amide bonds. The van der Waals surface area contributed by atoms with Crippen LogP contribution in [0.1, 0.15) is 49.3 Å². The van der Waals surface area contributed by atoms with Crippen molar-refractivity contribution >= 4 is 35.2 Å². The number of aromatic amines is 1. The number of carbonyl (C=O) groups is 3. The van der Waals surface area contributed by atoms with Crippen LogP contribution in [0.25, 0.3) is 0 Å². The minimum Gasteiger partial charge on any atom is -0.444 e. The van der Waals surface area contributed by atoms with Crippen LogP contribution in [0, 0.1) is 0 Å². The lowest BCUT2D eigenvalue weighted by molar-refractivity contribution is -0.141. The summed E-state index contributed by atoms with van der Waals surface area (Å²) in [5, 5.41) is 9.82. The molecule has 0 radical (unpaired) electrons. The first kappa shape index (κ1) is 25.2. The topological polar surface area (TPSA) is 113 Å². The minimum absolute atomic E-state index is 0.00728. The minimum atomic E-state index is -4.66. The van der Waals surface area contributed by atoms with Gasteiger partial charge in [-0.3, -0.25) is 14.7 Å². The van der Waals surface area contributed by atoms with Crippen molar-refractivity contribution in [3.63, 3.8) is 0 Å². The lowest BCUT2D eigenvalue weighted by Gasteiger charge is -2.21. The highest BCUT2D eigenvalue weighted by molar-refractivity contribution is 6.34. The summed E-state index contributed by atoms with van der Waals surface area (Å²) in [6, 6.07) is 4.10. The molecule has 3 N–H and O–H groups in total. The van der Waals surface area contributed by atoms with Crippen LogP contribution in [0.5, 0.6) is 0 Å². The Morgan fingerprint density at radius 3 is 2.44 bits per heavy atom. The van der Waals surface area contributed by atoms with Gasteiger partial charge in [-0.1, -0.05) is 23.7 Å². The first-order valence-electron chi connectivity index (χ1n) is 9.41. The summed E-state index contributed by atoms with van der Waals surface area (Å²) in [5.41, 5.74) is -1.75. The van der Waals surface area contributed by atoms with Crippen LogP contribution in [0.3, 0.4) is 0 Å². The van der Waals surface area contributed by atoms with Gasteiger partial charge >= 0.3 is 12.3 Å². The number of hydrogen-bond donors (Lipinski definition) is 3. The van der Waals surface area contributed by atoms with Gasteiger partial charge in [0.15, 0.2) is 11.6 Å². The molecule has 174 valence electrons. The number of alkyl halides is 3. The van der Waals surface area contributed by atoms with E-state index < -0.39 is 41.3 Å². The SMILES string of the molecule is C[C@H](NC(=O)OC(C)(C)C)C(=O)Cc1cccc(Cl)c1C(=O)Nc1cc(C(F)(F)F)[nH]n1. The van der Waals surface area contributed by atoms with Crippen LogP contribution in [-0.4, -0.2) is 39.6 Å². The number of anilines is 1. The molecule has 0 unspecified atom stereocenters. The second-order valence-electron chi connectivity index (χ2n) is 7.90. The van der Waals surface area contributed by atoms with E-state index in [0.717, 1.165) is 0 Å². The van der Waals surface area contributed by atoms with Crippen LogP contribution in [-0.2, 0) is 22.1 Å². The molecular weight excluding hydrogens is 453 g/mol. The zero-order chi connectivity index (χ0) is 24.3. The van der Waals surface area contributed by atoms with E-state index in [1.165, 1.54) is 25.1 Å². The molecule has 32 heavy (non-hydrogen) atoms. The summed E-state index contributed by atoms with van der Waals surface area (Å²) in [6.07, 6.45) is -5.70. The third-order valence-corrected chi connectivity index (χ3v) is 4.35. The number of nitrogens with zero attached hydrogens (tertiary/aromatic N) is 1. The second-order valence-corrected chi connectivity index (χ2v) is 8.31. The molecule has 0 aliphatic heterocycles. The molecule has 0 saturated carbocycles. The Kier molecular flexibility index (Phi) is 7.55. The molecule has 1 atom stereocenters. The van der Waals surface area contributed by atoms with Crippen molar-refractivity contribution in [3.8, 4) is 0 Å². The molecule has 0 fully saturated rings. The van der Waals surface area contributed by atoms with Crippen LogP contribution < -0.4 is 10.6 Å². The number of aromatic nitrogens is 2. The van der Waals surface area contributed by atoms with Gasteiger partial charge in [0.2, 0.25) is 0 Å². The maximum Gasteiger partial charge on any atom is 0.432 e. The smallest absolute Gasteiger partial charge is 0.432 e. The maximum atomic E-state index is 12.7. The van der Waals surface area contributed by atoms with E-state index in [9.17, 15) is 27.6 Å². The fourth-order valence-corrected chi connectivity index (χ4v) is 2.87. The molecule has 12 heteroatoms. The van der Waals surface area contributed by atoms with Gasteiger partial charge < -0.3 is 15.4 Å². The van der Waals surface area contributed by atoms with E-state index in [-0.39, 0.29) is 28.4 Å². The number of nitrogens with one attached hydrogen (secondary N) is 3. The van der Waals surface area contributed by atoms with Gasteiger partial charge in [0.05, 0.1) is 16.6 Å². The third kappa shape index (κ3) is 6.98. The fraction of sp³-hybridized carbons (Fsp3) is 0.400. The van der Waals surface area contributed by atoms with Crippen LogP contribution in [0.4, 0.5) is 23.8 Å². The summed E-state index contributed by atoms with van der Waals surface area (Å²) in [7, 11) is 0. The van der Waals surface area contributed by atoms with Crippen molar-refractivity contribution in [2.45, 2.75) is 51.9 Å². The van der Waals surface area contributed by atoms with E-state index in [0.29, 0.717) is 6.07 Å². The van der Waals surface area contributed by atoms with Gasteiger partial charge in [-0.2, -0.15) is 18.3 Å². The highest BCUT2D eigenvalue weighted by Gasteiger charge is 2.33. The quantitative estimate of drug-likeness (QED) is 0.575. The molecule has 0 aliphatic carbocycles. The molecule has 1 aromatic heterocycles. The number of benzene rings is 1. The van der Waals surface area contributed by atoms with Crippen LogP contribution in [0.2, 0.25) is 5.02 Å². The van der Waals surface area contributed by atoms with Gasteiger partial charge in [-0.25, -0.2) is 4.79 Å². The predicted octanol–water partition coefficient (Wildman–Crippen LogP) is 4.36. The molecule has 0 bridgehead atoms. The monoisotopic (exact) mass is 474 g/mol. The van der Waals surface area contributed by atoms with Crippen molar-refractivity contribution in [3.05, 3.63) is 46.1 Å². The highest BCUT2D eigenvalue weighted by Crippen LogP contribution is 2.29. The van der Waals surface area contributed by atoms with Crippen molar-refractivity contribution < 1.29 is 32.3 Å². The van der Waals surface area contributed by atoms with Crippen LogP contribution in [0.15, 0.2) is 24.3 Å². The van der Waals surface area contributed by atoms with E-state index in [1.807, 2.05) is 0 Å². The number of ketones is 1. The van der Waals surface area contributed by atoms with E-state index in [4.69, 9.17) is 16.3 Å². The Labute approximate surface area is 186 Å². The average Bonchev–Trinajstić information content (AvgIpc) is 3.08. The number of halogens is 4. The summed E-state index contributed by atoms with van der Waals surface area (Å²) in [5.74, 6) is -1.64. The third-order valence-electron chi connectivity index (χ3n) is 4.03. The Bertz CT molecular complexity index is 1020. The van der Waals surface area contributed by atoms with E-state index >= 15 is 0 Å². The van der Waals surface area contributed by atoms with Crippen molar-refractivity contribution in [1.82, 2.24) is 15.5 Å². The first-order chi connectivity index (χ1) is 14.7. The molecule has 0 saturated heterocycles. The maximum absolute atomic E-state index is 12.7. The van der Waals surface area contributed by atoms with Crippen molar-refractivity contribution in [2.24, 2.45) is 0 Å². The average molecular weight is 475 g/mol. The second kappa shape index (κ2) is 9.60. The number of alkyl carbamates (subject to hydrolysis) is 1. The number of hydrogen-bond acceptors (Lipinski definition) is 5. The normalized spacial score (nSPS) is 12.8. The zero-order valence-electron chi connectivity index (χ0n) is 17.7. The summed E-state index contributed by atoms with van der Waals surface area (Å²) in [4.78, 5) is 37.1. The fourth-order valence-electron chi connectivity index (χ4n) is 2.59. The molecule has 2 rings (SSSR count). The predicted molar refractivity (Wildman–Crippen MR) is 111 cm³/mol. The first-order valence-corrected chi connectivity index (χ1v) is 9.78. The lowest BCUT2D eigenvalue weighted by Crippen LogP contribution is -2.42. The van der Waals surface area contributed by atoms with E-state index in [2.05, 4.69) is 15.7 Å². The number of Topliss-reactive ketones (excluding diaryl/α,β-unsaturated/α-hetero) is 1. The number of H-pyrrole nitrogens is 1. The van der Waals surface area contributed by atoms with Crippen molar-refractivity contribution in [2.75, 3.05) is 5.32 Å². The number of rotatable bonds is 6. The standard InChI is InChI=1S/C20H22ClF3N4O4/c1-10(25-18(31)32-19(2,3)4)13(29)8-11-6-5-7-12(21)16(11)17(30)26-15-9-14(27-28-15)20(22,23)24/h5-7,9-10H,8H2,1-4H3,(H,25,31)(H2,26,27,28,30)/t10-/m0/s1. The van der Waals surface area contributed by atoms with Gasteiger partial charge in [0.25, 0.3) is 5.91 Å². The van der Waals surface area contributed by atoms with Crippen molar-refractivity contribution in [1.29, 1.82) is 0 Å². The van der Waals surface area contributed by atoms with Gasteiger partial charge in [0, 0.05) is 12.5 Å². The molecule has 8 nitrogen and oxygen atoms in total. The molecule has 1 aromatic carbocycles. The molecule has 1 heterocycles. The molecule has 0 aliphatic rings. The van der Waals surface area contributed by atoms with Gasteiger partial charge in [-0.15, -0.1) is 0 Å². The van der Waals surface area contributed by atoms with Gasteiger partial charge in [0.1, 0.15) is 11.3 Å². The van der Waals surface area contributed by atoms with Gasteiger partial charge in [-0.05, 0) is 39.3 Å². The summed E-state index contributed by atoms with van der Waals surface area (Å²) >= 11 is 6.12. The summed E-state index contributed by atoms with van der Waals surface area (Å²) < 4.78 is 43.2. The highest BCUT2D eigenvalue weighted by atomic mass is 35.5. The molecule has 2 aromatic rings. The number of carbonyl (C=O) groups excluding carboxylic acids is 3.